The van der Waals surface area contributed by atoms with Crippen LogP contribution in [0.5, 0.6) is 0 Å². The number of aryl methyl sites for hydroxylation is 1. The first kappa shape index (κ1) is 16.3. The van der Waals surface area contributed by atoms with E-state index in [-0.39, 0.29) is 5.56 Å². The van der Waals surface area contributed by atoms with Crippen molar-refractivity contribution in [3.63, 3.8) is 0 Å². The molecule has 0 atom stereocenters. The SMILES string of the molecule is Cc1nc(C2CC2)c(Cc2ccc(-c3ccccc3)c(C#N)c2)c(=O)[nH]1. The second-order valence-electron chi connectivity index (χ2n) is 6.82. The maximum atomic E-state index is 12.5. The monoisotopic (exact) mass is 341 g/mol. The Morgan fingerprint density at radius 1 is 1.19 bits per heavy atom. The Morgan fingerprint density at radius 3 is 2.65 bits per heavy atom. The predicted molar refractivity (Wildman–Crippen MR) is 101 cm³/mol. The summed E-state index contributed by atoms with van der Waals surface area (Å²) in [4.78, 5) is 19.9. The van der Waals surface area contributed by atoms with E-state index >= 15 is 0 Å². The lowest BCUT2D eigenvalue weighted by molar-refractivity contribution is 0.875. The van der Waals surface area contributed by atoms with Crippen LogP contribution in [-0.4, -0.2) is 9.97 Å². The van der Waals surface area contributed by atoms with Crippen LogP contribution in [0.2, 0.25) is 0 Å². The third-order valence-electron chi connectivity index (χ3n) is 4.80. The lowest BCUT2D eigenvalue weighted by Crippen LogP contribution is -2.19. The number of nitriles is 1. The lowest BCUT2D eigenvalue weighted by atomic mass is 9.95. The summed E-state index contributed by atoms with van der Waals surface area (Å²) in [7, 11) is 0. The topological polar surface area (TPSA) is 69.5 Å². The van der Waals surface area contributed by atoms with E-state index in [0.717, 1.165) is 40.8 Å². The molecule has 0 bridgehead atoms. The van der Waals surface area contributed by atoms with Gasteiger partial charge >= 0.3 is 0 Å². The van der Waals surface area contributed by atoms with Crippen molar-refractivity contribution in [1.82, 2.24) is 9.97 Å². The average molecular weight is 341 g/mol. The molecule has 0 amide bonds. The van der Waals surface area contributed by atoms with Gasteiger partial charge in [0.05, 0.1) is 17.3 Å². The molecular weight excluding hydrogens is 322 g/mol. The molecule has 1 fully saturated rings. The van der Waals surface area contributed by atoms with Gasteiger partial charge in [-0.25, -0.2) is 4.98 Å². The zero-order chi connectivity index (χ0) is 18.1. The van der Waals surface area contributed by atoms with Crippen molar-refractivity contribution in [3.05, 3.63) is 87.1 Å². The first-order chi connectivity index (χ1) is 12.7. The van der Waals surface area contributed by atoms with Crippen molar-refractivity contribution in [2.24, 2.45) is 0 Å². The molecule has 0 aliphatic heterocycles. The van der Waals surface area contributed by atoms with Gasteiger partial charge in [0, 0.05) is 17.9 Å². The molecule has 0 unspecified atom stereocenters. The van der Waals surface area contributed by atoms with Gasteiger partial charge in [-0.3, -0.25) is 4.79 Å². The number of benzene rings is 2. The number of nitrogens with one attached hydrogen (secondary N) is 1. The summed E-state index contributed by atoms with van der Waals surface area (Å²) in [6.45, 7) is 1.82. The molecule has 128 valence electrons. The van der Waals surface area contributed by atoms with E-state index in [9.17, 15) is 10.1 Å². The van der Waals surface area contributed by atoms with Crippen molar-refractivity contribution in [2.45, 2.75) is 32.1 Å². The molecule has 2 aromatic carbocycles. The normalized spacial score (nSPS) is 13.4. The van der Waals surface area contributed by atoms with E-state index in [1.807, 2.05) is 55.5 Å². The molecule has 0 saturated heterocycles. The van der Waals surface area contributed by atoms with Gasteiger partial charge in [0.15, 0.2) is 0 Å². The summed E-state index contributed by atoms with van der Waals surface area (Å²) in [5.41, 5.74) is 5.10. The number of rotatable bonds is 4. The van der Waals surface area contributed by atoms with Gasteiger partial charge in [-0.1, -0.05) is 42.5 Å². The van der Waals surface area contributed by atoms with Gasteiger partial charge in [-0.2, -0.15) is 5.26 Å². The van der Waals surface area contributed by atoms with Crippen LogP contribution in [0.3, 0.4) is 0 Å². The summed E-state index contributed by atoms with van der Waals surface area (Å²) in [5, 5.41) is 9.58. The minimum absolute atomic E-state index is 0.0648. The molecule has 4 nitrogen and oxygen atoms in total. The quantitative estimate of drug-likeness (QED) is 0.777. The number of hydrogen-bond acceptors (Lipinski definition) is 3. The standard InChI is InChI=1S/C22H19N3O/c1-14-24-21(17-8-9-17)20(22(26)25-14)12-15-7-10-19(18(11-15)13-23)16-5-3-2-4-6-16/h2-7,10-11,17H,8-9,12H2,1H3,(H,24,25,26). The van der Waals surface area contributed by atoms with Crippen LogP contribution in [0.4, 0.5) is 0 Å². The van der Waals surface area contributed by atoms with E-state index in [4.69, 9.17) is 0 Å². The lowest BCUT2D eigenvalue weighted by Gasteiger charge is -2.10. The van der Waals surface area contributed by atoms with Crippen LogP contribution in [0.1, 0.15) is 47.0 Å². The Morgan fingerprint density at radius 2 is 1.96 bits per heavy atom. The van der Waals surface area contributed by atoms with Gasteiger partial charge < -0.3 is 4.98 Å². The molecule has 4 rings (SSSR count). The summed E-state index contributed by atoms with van der Waals surface area (Å²) in [5.74, 6) is 1.07. The van der Waals surface area contributed by atoms with Gasteiger partial charge in [0.2, 0.25) is 0 Å². The van der Waals surface area contributed by atoms with Crippen LogP contribution >= 0.6 is 0 Å². The summed E-state index contributed by atoms with van der Waals surface area (Å²) in [6, 6.07) is 18.0. The van der Waals surface area contributed by atoms with Gasteiger partial charge in [0.1, 0.15) is 5.82 Å². The molecule has 1 heterocycles. The second-order valence-corrected chi connectivity index (χ2v) is 6.82. The Balaban J connectivity index is 1.73. The average Bonchev–Trinajstić information content (AvgIpc) is 3.49. The maximum Gasteiger partial charge on any atom is 0.254 e. The van der Waals surface area contributed by atoms with Crippen LogP contribution in [0.15, 0.2) is 53.3 Å². The van der Waals surface area contributed by atoms with Crippen LogP contribution in [0.25, 0.3) is 11.1 Å². The molecule has 0 radical (unpaired) electrons. The van der Waals surface area contributed by atoms with Gasteiger partial charge in [-0.05, 0) is 42.5 Å². The third-order valence-corrected chi connectivity index (χ3v) is 4.80. The first-order valence-electron chi connectivity index (χ1n) is 8.84. The number of H-pyrrole nitrogens is 1. The fourth-order valence-electron chi connectivity index (χ4n) is 3.36. The van der Waals surface area contributed by atoms with Crippen molar-refractivity contribution < 1.29 is 0 Å². The molecule has 1 saturated carbocycles. The van der Waals surface area contributed by atoms with E-state index in [0.29, 0.717) is 23.7 Å². The van der Waals surface area contributed by atoms with Crippen molar-refractivity contribution in [3.8, 4) is 17.2 Å². The molecule has 0 spiro atoms. The minimum atomic E-state index is -0.0648. The highest BCUT2D eigenvalue weighted by molar-refractivity contribution is 5.71. The Kier molecular flexibility index (Phi) is 4.14. The van der Waals surface area contributed by atoms with Gasteiger partial charge in [0.25, 0.3) is 5.56 Å². The van der Waals surface area contributed by atoms with Crippen LogP contribution < -0.4 is 5.56 Å². The number of aromatic nitrogens is 2. The molecule has 1 N–H and O–H groups in total. The van der Waals surface area contributed by atoms with Crippen molar-refractivity contribution in [1.29, 1.82) is 5.26 Å². The van der Waals surface area contributed by atoms with Gasteiger partial charge in [-0.15, -0.1) is 0 Å². The fourth-order valence-corrected chi connectivity index (χ4v) is 3.36. The maximum absolute atomic E-state index is 12.5. The zero-order valence-electron chi connectivity index (χ0n) is 14.6. The molecule has 1 aliphatic rings. The predicted octanol–water partition coefficient (Wildman–Crippen LogP) is 4.09. The minimum Gasteiger partial charge on any atom is -0.311 e. The van der Waals surface area contributed by atoms with E-state index < -0.39 is 0 Å². The Hall–Kier alpha value is -3.19. The Labute approximate surface area is 152 Å². The smallest absolute Gasteiger partial charge is 0.254 e. The molecule has 1 aliphatic carbocycles. The molecule has 26 heavy (non-hydrogen) atoms. The van der Waals surface area contributed by atoms with Crippen molar-refractivity contribution in [2.75, 3.05) is 0 Å². The zero-order valence-corrected chi connectivity index (χ0v) is 14.6. The molecule has 3 aromatic rings. The molecule has 1 aromatic heterocycles. The van der Waals surface area contributed by atoms with Crippen molar-refractivity contribution >= 4 is 0 Å². The highest BCUT2D eigenvalue weighted by Gasteiger charge is 2.29. The van der Waals surface area contributed by atoms with E-state index in [1.54, 1.807) is 0 Å². The summed E-state index contributed by atoms with van der Waals surface area (Å²) in [6.07, 6.45) is 2.69. The summed E-state index contributed by atoms with van der Waals surface area (Å²) >= 11 is 0. The number of hydrogen-bond donors (Lipinski definition) is 1. The van der Waals surface area contributed by atoms with Crippen LogP contribution in [-0.2, 0) is 6.42 Å². The fraction of sp³-hybridized carbons (Fsp3) is 0.227. The molecule has 4 heteroatoms. The highest BCUT2D eigenvalue weighted by atomic mass is 16.1. The third kappa shape index (κ3) is 3.16. The number of aromatic amines is 1. The number of nitrogens with zero attached hydrogens (tertiary/aromatic N) is 2. The molecular formula is C22H19N3O. The largest absolute Gasteiger partial charge is 0.311 e. The van der Waals surface area contributed by atoms with Crippen LogP contribution in [0, 0.1) is 18.3 Å². The highest BCUT2D eigenvalue weighted by Crippen LogP contribution is 2.40. The van der Waals surface area contributed by atoms with E-state index in [1.165, 1.54) is 0 Å². The first-order valence-corrected chi connectivity index (χ1v) is 8.84. The second kappa shape index (κ2) is 6.61. The van der Waals surface area contributed by atoms with E-state index in [2.05, 4.69) is 16.0 Å². The Bertz CT molecular complexity index is 1060. The summed E-state index contributed by atoms with van der Waals surface area (Å²) < 4.78 is 0.